The molecule has 2 aromatic rings. The molecule has 26 heavy (non-hydrogen) atoms. The molecule has 1 amide bonds. The first kappa shape index (κ1) is 18.5. The standard InChI is InChI=1S/C21H26FN3O/c22-25-13-4-7-20(25)16-24(14-12-17-5-2-1-3-6-17)21(26)19-10-8-18(15-23)9-11-19/h1-3,5-6,8-11,20H,4,7,12-16,23H2. The van der Waals surface area contributed by atoms with Crippen LogP contribution >= 0.6 is 0 Å². The van der Waals surface area contributed by atoms with Crippen LogP contribution in [0, 0.1) is 0 Å². The van der Waals surface area contributed by atoms with Crippen LogP contribution in [-0.2, 0) is 13.0 Å². The third-order valence-electron chi connectivity index (χ3n) is 4.97. The van der Waals surface area contributed by atoms with E-state index in [4.69, 9.17) is 5.73 Å². The van der Waals surface area contributed by atoms with Gasteiger partial charge in [-0.1, -0.05) is 42.5 Å². The first-order valence-corrected chi connectivity index (χ1v) is 9.22. The lowest BCUT2D eigenvalue weighted by molar-refractivity contribution is -0.00154. The third-order valence-corrected chi connectivity index (χ3v) is 4.97. The molecule has 1 aliphatic rings. The maximum absolute atomic E-state index is 14.0. The molecule has 0 radical (unpaired) electrons. The second kappa shape index (κ2) is 8.92. The Bertz CT molecular complexity index is 705. The number of rotatable bonds is 7. The van der Waals surface area contributed by atoms with Crippen LogP contribution < -0.4 is 5.73 Å². The van der Waals surface area contributed by atoms with Gasteiger partial charge in [0.15, 0.2) is 0 Å². The van der Waals surface area contributed by atoms with Gasteiger partial charge >= 0.3 is 0 Å². The Morgan fingerprint density at radius 1 is 1.12 bits per heavy atom. The average molecular weight is 355 g/mol. The van der Waals surface area contributed by atoms with Gasteiger partial charge < -0.3 is 10.6 Å². The van der Waals surface area contributed by atoms with Crippen molar-refractivity contribution in [1.29, 1.82) is 0 Å². The van der Waals surface area contributed by atoms with Crippen LogP contribution in [-0.4, -0.2) is 41.6 Å². The summed E-state index contributed by atoms with van der Waals surface area (Å²) in [4.78, 5) is 14.8. The second-order valence-corrected chi connectivity index (χ2v) is 6.81. The highest BCUT2D eigenvalue weighted by molar-refractivity contribution is 5.94. The monoisotopic (exact) mass is 355 g/mol. The van der Waals surface area contributed by atoms with E-state index in [0.717, 1.165) is 29.9 Å². The number of carbonyl (C=O) groups excluding carboxylic acids is 1. The van der Waals surface area contributed by atoms with Crippen LogP contribution in [0.15, 0.2) is 54.6 Å². The minimum atomic E-state index is -0.210. The average Bonchev–Trinajstić information content (AvgIpc) is 3.10. The fourth-order valence-corrected chi connectivity index (χ4v) is 3.39. The van der Waals surface area contributed by atoms with E-state index in [1.807, 2.05) is 42.5 Å². The number of benzene rings is 2. The fourth-order valence-electron chi connectivity index (χ4n) is 3.39. The number of amides is 1. The summed E-state index contributed by atoms with van der Waals surface area (Å²) >= 11 is 0. The van der Waals surface area contributed by atoms with Crippen molar-refractivity contribution in [2.75, 3.05) is 19.6 Å². The molecule has 0 saturated carbocycles. The molecule has 4 nitrogen and oxygen atoms in total. The number of nitrogens with zero attached hydrogens (tertiary/aromatic N) is 2. The van der Waals surface area contributed by atoms with Crippen LogP contribution in [0.2, 0.25) is 0 Å². The van der Waals surface area contributed by atoms with Crippen LogP contribution in [0.25, 0.3) is 0 Å². The lowest BCUT2D eigenvalue weighted by Crippen LogP contribution is -2.41. The molecule has 1 fully saturated rings. The van der Waals surface area contributed by atoms with Crippen LogP contribution in [0.1, 0.15) is 34.3 Å². The molecule has 1 atom stereocenters. The van der Waals surface area contributed by atoms with Crippen molar-refractivity contribution in [3.8, 4) is 0 Å². The van der Waals surface area contributed by atoms with Crippen molar-refractivity contribution in [2.24, 2.45) is 5.73 Å². The highest BCUT2D eigenvalue weighted by Gasteiger charge is 2.28. The summed E-state index contributed by atoms with van der Waals surface area (Å²) < 4.78 is 14.0. The molecule has 5 heteroatoms. The summed E-state index contributed by atoms with van der Waals surface area (Å²) in [5, 5.41) is 0.875. The topological polar surface area (TPSA) is 49.6 Å². The smallest absolute Gasteiger partial charge is 0.253 e. The summed E-state index contributed by atoms with van der Waals surface area (Å²) in [5.74, 6) is -0.0511. The Hall–Kier alpha value is -2.24. The molecule has 0 aliphatic carbocycles. The predicted molar refractivity (Wildman–Crippen MR) is 101 cm³/mol. The number of halogens is 1. The molecule has 1 heterocycles. The van der Waals surface area contributed by atoms with Crippen molar-refractivity contribution in [3.05, 3.63) is 71.3 Å². The SMILES string of the molecule is NCc1ccc(C(=O)N(CCc2ccccc2)CC2CCCN2F)cc1. The van der Waals surface area contributed by atoms with Gasteiger partial charge in [-0.25, -0.2) is 0 Å². The lowest BCUT2D eigenvalue weighted by Gasteiger charge is -2.27. The van der Waals surface area contributed by atoms with Crippen molar-refractivity contribution < 1.29 is 9.28 Å². The van der Waals surface area contributed by atoms with E-state index in [1.54, 1.807) is 4.90 Å². The second-order valence-electron chi connectivity index (χ2n) is 6.81. The zero-order valence-corrected chi connectivity index (χ0v) is 15.0. The third kappa shape index (κ3) is 4.68. The molecule has 1 saturated heterocycles. The van der Waals surface area contributed by atoms with Gasteiger partial charge in [-0.05, 0) is 42.5 Å². The highest BCUT2D eigenvalue weighted by Crippen LogP contribution is 2.20. The first-order chi connectivity index (χ1) is 12.7. The molecule has 2 N–H and O–H groups in total. The van der Waals surface area contributed by atoms with E-state index in [0.29, 0.717) is 31.7 Å². The summed E-state index contributed by atoms with van der Waals surface area (Å²) in [6, 6.07) is 17.2. The van der Waals surface area contributed by atoms with E-state index in [9.17, 15) is 9.28 Å². The number of hydrogen-bond acceptors (Lipinski definition) is 3. The van der Waals surface area contributed by atoms with Crippen molar-refractivity contribution in [2.45, 2.75) is 31.8 Å². The first-order valence-electron chi connectivity index (χ1n) is 9.22. The Labute approximate surface area is 154 Å². The minimum Gasteiger partial charge on any atom is -0.337 e. The maximum Gasteiger partial charge on any atom is 0.253 e. The summed E-state index contributed by atoms with van der Waals surface area (Å²) in [6.45, 7) is 1.90. The summed E-state index contributed by atoms with van der Waals surface area (Å²) in [5.41, 5.74) is 8.42. The van der Waals surface area contributed by atoms with Gasteiger partial charge in [0.1, 0.15) is 0 Å². The molecule has 2 aromatic carbocycles. The highest BCUT2D eigenvalue weighted by atomic mass is 19.2. The molecule has 1 unspecified atom stereocenters. The molecule has 0 bridgehead atoms. The van der Waals surface area contributed by atoms with Gasteiger partial charge in [0, 0.05) is 31.7 Å². The number of carbonyl (C=O) groups is 1. The van der Waals surface area contributed by atoms with E-state index >= 15 is 0 Å². The largest absolute Gasteiger partial charge is 0.337 e. The molecule has 0 aromatic heterocycles. The van der Waals surface area contributed by atoms with Crippen molar-refractivity contribution >= 4 is 5.91 Å². The van der Waals surface area contributed by atoms with Gasteiger partial charge in [0.25, 0.3) is 5.91 Å². The van der Waals surface area contributed by atoms with Crippen LogP contribution in [0.5, 0.6) is 0 Å². The van der Waals surface area contributed by atoms with Gasteiger partial charge in [-0.2, -0.15) is 0 Å². The normalized spacial score (nSPS) is 17.4. The van der Waals surface area contributed by atoms with Crippen LogP contribution in [0.4, 0.5) is 4.48 Å². The fraction of sp³-hybridized carbons (Fsp3) is 0.381. The number of nitrogens with two attached hydrogens (primary N) is 1. The zero-order valence-electron chi connectivity index (χ0n) is 15.0. The molecule has 138 valence electrons. The quantitative estimate of drug-likeness (QED) is 0.776. The molecule has 0 spiro atoms. The van der Waals surface area contributed by atoms with Crippen LogP contribution in [0.3, 0.4) is 0 Å². The van der Waals surface area contributed by atoms with Gasteiger partial charge in [0.05, 0.1) is 6.04 Å². The zero-order chi connectivity index (χ0) is 18.4. The Balaban J connectivity index is 1.72. The maximum atomic E-state index is 14.0. The molecular formula is C21H26FN3O. The number of hydrogen-bond donors (Lipinski definition) is 1. The van der Waals surface area contributed by atoms with E-state index in [-0.39, 0.29) is 11.9 Å². The van der Waals surface area contributed by atoms with Gasteiger partial charge in [-0.15, -0.1) is 9.60 Å². The van der Waals surface area contributed by atoms with Gasteiger partial charge in [-0.3, -0.25) is 4.79 Å². The van der Waals surface area contributed by atoms with E-state index in [2.05, 4.69) is 12.1 Å². The van der Waals surface area contributed by atoms with Crippen molar-refractivity contribution in [1.82, 2.24) is 10.0 Å². The van der Waals surface area contributed by atoms with E-state index in [1.165, 1.54) is 5.56 Å². The lowest BCUT2D eigenvalue weighted by atomic mass is 10.1. The van der Waals surface area contributed by atoms with Crippen molar-refractivity contribution in [3.63, 3.8) is 0 Å². The Morgan fingerprint density at radius 3 is 2.46 bits per heavy atom. The molecule has 1 aliphatic heterocycles. The minimum absolute atomic E-state index is 0.0511. The van der Waals surface area contributed by atoms with Gasteiger partial charge in [0.2, 0.25) is 0 Å². The predicted octanol–water partition coefficient (Wildman–Crippen LogP) is 3.18. The van der Waals surface area contributed by atoms with E-state index < -0.39 is 0 Å². The molecular weight excluding hydrogens is 329 g/mol. The Morgan fingerprint density at radius 2 is 1.85 bits per heavy atom. The molecule has 3 rings (SSSR count). The summed E-state index contributed by atoms with van der Waals surface area (Å²) in [6.07, 6.45) is 2.39. The Kier molecular flexibility index (Phi) is 6.36. The summed E-state index contributed by atoms with van der Waals surface area (Å²) in [7, 11) is 0.